The van der Waals surface area contributed by atoms with Crippen LogP contribution in [0.25, 0.3) is 33.4 Å². The summed E-state index contributed by atoms with van der Waals surface area (Å²) in [5.41, 5.74) is 2.57. The average Bonchev–Trinajstić information content (AvgIpc) is 3.51. The number of anilines is 1. The van der Waals surface area contributed by atoms with Gasteiger partial charge in [-0.05, 0) is 53.3 Å². The number of carbonyl (C=O) groups excluding carboxylic acids is 1. The molecule has 3 aromatic carbocycles. The second-order valence-electron chi connectivity index (χ2n) is 7.27. The number of hydrogen-bond donors (Lipinski definition) is 2. The van der Waals surface area contributed by atoms with Gasteiger partial charge in [-0.2, -0.15) is 0 Å². The molecule has 0 spiro atoms. The van der Waals surface area contributed by atoms with Crippen molar-refractivity contribution in [2.24, 2.45) is 0 Å². The first kappa shape index (κ1) is 22.6. The molecule has 2 aromatic heterocycles. The van der Waals surface area contributed by atoms with Crippen LogP contribution < -0.4 is 10.6 Å². The van der Waals surface area contributed by atoms with Crippen LogP contribution in [0.15, 0.2) is 82.6 Å². The molecule has 2 N–H and O–H groups in total. The maximum absolute atomic E-state index is 12.6. The average molecular weight is 524 g/mol. The molecule has 0 bridgehead atoms. The number of halogens is 2. The SMILES string of the molecule is O=C(NC(=S)Nc1nc(-c2cccc3ccccc23)cs1)c1ccc(-c2ccc(Cl)c(Cl)c2)o1. The zero-order valence-corrected chi connectivity index (χ0v) is 20.5. The molecule has 34 heavy (non-hydrogen) atoms. The number of carbonyl (C=O) groups is 1. The van der Waals surface area contributed by atoms with Crippen molar-refractivity contribution in [1.29, 1.82) is 0 Å². The fourth-order valence-electron chi connectivity index (χ4n) is 3.46. The van der Waals surface area contributed by atoms with E-state index in [1.165, 1.54) is 11.3 Å². The van der Waals surface area contributed by atoms with E-state index >= 15 is 0 Å². The maximum Gasteiger partial charge on any atom is 0.293 e. The van der Waals surface area contributed by atoms with Crippen LogP contribution in [0.5, 0.6) is 0 Å². The minimum Gasteiger partial charge on any atom is -0.451 e. The standard InChI is InChI=1S/C25H15Cl2N3O2S2/c26-18-9-8-15(12-19(18)27)21-10-11-22(32-21)23(31)29-24(33)30-25-28-20(13-34-25)17-7-3-5-14-4-1-2-6-16(14)17/h1-13H,(H2,28,29,30,31,33). The number of nitrogens with one attached hydrogen (secondary N) is 2. The molecule has 0 saturated heterocycles. The van der Waals surface area contributed by atoms with E-state index in [-0.39, 0.29) is 10.9 Å². The minimum absolute atomic E-state index is 0.112. The Morgan fingerprint density at radius 1 is 0.971 bits per heavy atom. The minimum atomic E-state index is -0.477. The molecule has 5 nitrogen and oxygen atoms in total. The number of fused-ring (bicyclic) bond motifs is 1. The van der Waals surface area contributed by atoms with Crippen molar-refractivity contribution >= 4 is 73.7 Å². The Labute approximate surface area is 214 Å². The Morgan fingerprint density at radius 3 is 2.65 bits per heavy atom. The Bertz CT molecular complexity index is 1540. The van der Waals surface area contributed by atoms with E-state index in [1.54, 1.807) is 30.3 Å². The molecule has 0 saturated carbocycles. The number of thiazole rings is 1. The van der Waals surface area contributed by atoms with Gasteiger partial charge in [0.2, 0.25) is 0 Å². The van der Waals surface area contributed by atoms with Gasteiger partial charge in [0.05, 0.1) is 15.7 Å². The van der Waals surface area contributed by atoms with Gasteiger partial charge in [-0.25, -0.2) is 4.98 Å². The zero-order chi connectivity index (χ0) is 23.7. The molecule has 0 aliphatic rings. The molecular weight excluding hydrogens is 509 g/mol. The van der Waals surface area contributed by atoms with Gasteiger partial charge in [-0.1, -0.05) is 65.7 Å². The topological polar surface area (TPSA) is 67.2 Å². The van der Waals surface area contributed by atoms with Gasteiger partial charge in [-0.3, -0.25) is 10.1 Å². The van der Waals surface area contributed by atoms with E-state index in [0.29, 0.717) is 26.5 Å². The molecule has 1 amide bonds. The van der Waals surface area contributed by atoms with E-state index < -0.39 is 5.91 Å². The summed E-state index contributed by atoms with van der Waals surface area (Å²) < 4.78 is 5.67. The highest BCUT2D eigenvalue weighted by Gasteiger charge is 2.15. The van der Waals surface area contributed by atoms with Crippen LogP contribution in [-0.2, 0) is 0 Å². The molecule has 0 unspecified atom stereocenters. The number of rotatable bonds is 4. The summed E-state index contributed by atoms with van der Waals surface area (Å²) in [6.07, 6.45) is 0. The molecule has 9 heteroatoms. The second kappa shape index (κ2) is 9.56. The van der Waals surface area contributed by atoms with Crippen molar-refractivity contribution in [3.05, 3.63) is 94.0 Å². The predicted molar refractivity (Wildman–Crippen MR) is 143 cm³/mol. The highest BCUT2D eigenvalue weighted by molar-refractivity contribution is 7.80. The van der Waals surface area contributed by atoms with Gasteiger partial charge >= 0.3 is 0 Å². The van der Waals surface area contributed by atoms with Crippen molar-refractivity contribution < 1.29 is 9.21 Å². The van der Waals surface area contributed by atoms with E-state index in [4.69, 9.17) is 39.8 Å². The fourth-order valence-corrected chi connectivity index (χ4v) is 4.73. The third-order valence-corrected chi connectivity index (χ3v) is 6.75. The monoisotopic (exact) mass is 523 g/mol. The van der Waals surface area contributed by atoms with Crippen molar-refractivity contribution in [2.75, 3.05) is 5.32 Å². The van der Waals surface area contributed by atoms with E-state index in [2.05, 4.69) is 33.8 Å². The molecule has 0 fully saturated rings. The van der Waals surface area contributed by atoms with Gasteiger partial charge in [0.15, 0.2) is 16.0 Å². The summed E-state index contributed by atoms with van der Waals surface area (Å²) in [6.45, 7) is 0. The molecule has 0 aliphatic carbocycles. The van der Waals surface area contributed by atoms with Crippen molar-refractivity contribution in [3.8, 4) is 22.6 Å². The van der Waals surface area contributed by atoms with Crippen LogP contribution in [0.3, 0.4) is 0 Å². The van der Waals surface area contributed by atoms with Gasteiger partial charge < -0.3 is 9.73 Å². The van der Waals surface area contributed by atoms with Crippen LogP contribution in [0.4, 0.5) is 5.13 Å². The van der Waals surface area contributed by atoms with Crippen LogP contribution in [0, 0.1) is 0 Å². The highest BCUT2D eigenvalue weighted by Crippen LogP contribution is 2.31. The summed E-state index contributed by atoms with van der Waals surface area (Å²) >= 11 is 18.7. The predicted octanol–water partition coefficient (Wildman–Crippen LogP) is 7.66. The lowest BCUT2D eigenvalue weighted by Gasteiger charge is -2.06. The number of nitrogens with zero attached hydrogens (tertiary/aromatic N) is 1. The van der Waals surface area contributed by atoms with E-state index in [0.717, 1.165) is 22.0 Å². The number of furan rings is 1. The number of aromatic nitrogens is 1. The first-order valence-corrected chi connectivity index (χ1v) is 12.1. The maximum atomic E-state index is 12.6. The van der Waals surface area contributed by atoms with Crippen molar-refractivity contribution in [3.63, 3.8) is 0 Å². The third kappa shape index (κ3) is 4.69. The van der Waals surface area contributed by atoms with E-state index in [9.17, 15) is 4.79 Å². The molecule has 168 valence electrons. The first-order chi connectivity index (χ1) is 16.5. The number of hydrogen-bond acceptors (Lipinski definition) is 5. The third-order valence-electron chi connectivity index (χ3n) is 5.05. The summed E-state index contributed by atoms with van der Waals surface area (Å²) in [7, 11) is 0. The summed E-state index contributed by atoms with van der Waals surface area (Å²) in [5.74, 6) is 0.123. The summed E-state index contributed by atoms with van der Waals surface area (Å²) in [4.78, 5) is 17.2. The van der Waals surface area contributed by atoms with Crippen molar-refractivity contribution in [1.82, 2.24) is 10.3 Å². The molecule has 5 rings (SSSR count). The number of thiocarbonyl (C=S) groups is 1. The van der Waals surface area contributed by atoms with Crippen LogP contribution >= 0.6 is 46.8 Å². The van der Waals surface area contributed by atoms with Gasteiger partial charge in [0.1, 0.15) is 5.76 Å². The largest absolute Gasteiger partial charge is 0.451 e. The highest BCUT2D eigenvalue weighted by atomic mass is 35.5. The molecule has 5 aromatic rings. The fraction of sp³-hybridized carbons (Fsp3) is 0. The Morgan fingerprint density at radius 2 is 1.79 bits per heavy atom. The molecular formula is C25H15Cl2N3O2S2. The molecule has 0 radical (unpaired) electrons. The Balaban J connectivity index is 1.26. The molecule has 0 atom stereocenters. The summed E-state index contributed by atoms with van der Waals surface area (Å²) in [6, 6.07) is 22.6. The number of amides is 1. The van der Waals surface area contributed by atoms with Gasteiger partial charge in [-0.15, -0.1) is 11.3 Å². The van der Waals surface area contributed by atoms with Crippen LogP contribution in [0.1, 0.15) is 10.6 Å². The summed E-state index contributed by atoms with van der Waals surface area (Å²) in [5, 5.41) is 11.3. The Hall–Kier alpha value is -3.23. The normalized spacial score (nSPS) is 10.9. The molecule has 0 aliphatic heterocycles. The first-order valence-electron chi connectivity index (χ1n) is 10.1. The lowest BCUT2D eigenvalue weighted by molar-refractivity contribution is 0.0951. The van der Waals surface area contributed by atoms with Gasteiger partial charge in [0.25, 0.3) is 5.91 Å². The van der Waals surface area contributed by atoms with Crippen LogP contribution in [-0.4, -0.2) is 16.0 Å². The van der Waals surface area contributed by atoms with E-state index in [1.807, 2.05) is 29.6 Å². The second-order valence-corrected chi connectivity index (χ2v) is 9.35. The smallest absolute Gasteiger partial charge is 0.293 e. The molecule has 2 heterocycles. The Kier molecular flexibility index (Phi) is 6.34. The zero-order valence-electron chi connectivity index (χ0n) is 17.3. The van der Waals surface area contributed by atoms with Crippen LogP contribution in [0.2, 0.25) is 10.0 Å². The van der Waals surface area contributed by atoms with Crippen molar-refractivity contribution in [2.45, 2.75) is 0 Å². The quantitative estimate of drug-likeness (QED) is 0.236. The lowest BCUT2D eigenvalue weighted by Crippen LogP contribution is -2.33. The number of benzene rings is 3. The lowest BCUT2D eigenvalue weighted by atomic mass is 10.0. The van der Waals surface area contributed by atoms with Gasteiger partial charge in [0, 0.05) is 16.5 Å².